The van der Waals surface area contributed by atoms with E-state index in [0.717, 1.165) is 32.2 Å². The molecule has 0 aromatic heterocycles. The Labute approximate surface area is 171 Å². The van der Waals surface area contributed by atoms with E-state index in [-0.39, 0.29) is 12.1 Å². The summed E-state index contributed by atoms with van der Waals surface area (Å²) < 4.78 is 0.983. The van der Waals surface area contributed by atoms with Crippen LogP contribution in [-0.2, 0) is 0 Å². The van der Waals surface area contributed by atoms with Crippen LogP contribution in [0.25, 0.3) is 10.8 Å². The second-order valence-electron chi connectivity index (χ2n) is 6.85. The molecule has 28 heavy (non-hydrogen) atoms. The Hall–Kier alpha value is -3.11. The van der Waals surface area contributed by atoms with E-state index in [4.69, 9.17) is 0 Å². The van der Waals surface area contributed by atoms with Gasteiger partial charge in [-0.25, -0.2) is 0 Å². The Bertz CT molecular complexity index is 1200. The van der Waals surface area contributed by atoms with Crippen molar-refractivity contribution >= 4 is 44.0 Å². The monoisotopic (exact) mass is 428 g/mol. The van der Waals surface area contributed by atoms with Crippen LogP contribution in [0.3, 0.4) is 0 Å². The molecule has 4 heteroatoms. The zero-order valence-electron chi connectivity index (χ0n) is 15.0. The Morgan fingerprint density at radius 1 is 0.786 bits per heavy atom. The van der Waals surface area contributed by atoms with E-state index in [1.165, 1.54) is 0 Å². The topological polar surface area (TPSA) is 32.3 Å². The maximum atomic E-state index is 13.5. The molecule has 1 amide bonds. The van der Waals surface area contributed by atoms with Crippen molar-refractivity contribution in [2.45, 2.75) is 6.17 Å². The predicted octanol–water partition coefficient (Wildman–Crippen LogP) is 6.37. The van der Waals surface area contributed by atoms with Gasteiger partial charge in [0.05, 0.1) is 5.56 Å². The number of carbonyl (C=O) groups excluding carboxylic acids is 1. The Morgan fingerprint density at radius 3 is 2.43 bits per heavy atom. The van der Waals surface area contributed by atoms with E-state index in [1.54, 1.807) is 0 Å². The Balaban J connectivity index is 1.69. The highest BCUT2D eigenvalue weighted by Gasteiger charge is 2.34. The minimum absolute atomic E-state index is 0.00499. The van der Waals surface area contributed by atoms with E-state index < -0.39 is 0 Å². The van der Waals surface area contributed by atoms with Crippen molar-refractivity contribution in [1.29, 1.82) is 0 Å². The number of carbonyl (C=O) groups is 1. The Morgan fingerprint density at radius 2 is 1.57 bits per heavy atom. The van der Waals surface area contributed by atoms with E-state index in [1.807, 2.05) is 71.6 Å². The lowest BCUT2D eigenvalue weighted by molar-refractivity contribution is 0.0975. The summed E-state index contributed by atoms with van der Waals surface area (Å²) in [5, 5.41) is 5.82. The molecule has 0 saturated carbocycles. The third kappa shape index (κ3) is 2.86. The molecule has 1 heterocycles. The van der Waals surface area contributed by atoms with E-state index >= 15 is 0 Å². The second-order valence-corrected chi connectivity index (χ2v) is 7.77. The summed E-state index contributed by atoms with van der Waals surface area (Å²) >= 11 is 3.55. The van der Waals surface area contributed by atoms with Crippen LogP contribution in [0.1, 0.15) is 22.1 Å². The summed E-state index contributed by atoms with van der Waals surface area (Å²) in [6.45, 7) is 0. The van der Waals surface area contributed by atoms with Gasteiger partial charge in [0.1, 0.15) is 6.17 Å². The normalized spacial score (nSPS) is 16.0. The van der Waals surface area contributed by atoms with E-state index in [0.29, 0.717) is 5.56 Å². The van der Waals surface area contributed by atoms with Crippen molar-refractivity contribution in [3.05, 3.63) is 107 Å². The summed E-state index contributed by atoms with van der Waals surface area (Å²) in [7, 11) is 0. The average Bonchev–Trinajstić information content (AvgIpc) is 2.73. The van der Waals surface area contributed by atoms with Crippen LogP contribution >= 0.6 is 15.9 Å². The number of rotatable bonds is 2. The molecule has 0 bridgehead atoms. The average molecular weight is 429 g/mol. The van der Waals surface area contributed by atoms with Crippen LogP contribution in [0.2, 0.25) is 0 Å². The standard InChI is InChI=1S/C24H17BrN2O/c25-19-9-5-8-18(14-19)23-26-22-11-4-3-10-21(22)24(28)27(23)20-13-12-16-6-1-2-7-17(16)15-20/h1-15,23,26H/t23-/m1/s1. The molecule has 1 atom stereocenters. The van der Waals surface area contributed by atoms with Crippen LogP contribution in [0.4, 0.5) is 11.4 Å². The summed E-state index contributed by atoms with van der Waals surface area (Å²) in [4.78, 5) is 15.3. The first-order valence-electron chi connectivity index (χ1n) is 9.14. The van der Waals surface area contributed by atoms with Crippen LogP contribution in [0.15, 0.2) is 95.5 Å². The third-order valence-electron chi connectivity index (χ3n) is 5.10. The highest BCUT2D eigenvalue weighted by atomic mass is 79.9. The molecule has 0 unspecified atom stereocenters. The van der Waals surface area contributed by atoms with Crippen molar-refractivity contribution in [3.63, 3.8) is 0 Å². The molecule has 136 valence electrons. The Kier molecular flexibility index (Phi) is 4.14. The first kappa shape index (κ1) is 17.0. The van der Waals surface area contributed by atoms with Gasteiger partial charge in [-0.3, -0.25) is 9.69 Å². The highest BCUT2D eigenvalue weighted by molar-refractivity contribution is 9.10. The van der Waals surface area contributed by atoms with Crippen molar-refractivity contribution in [2.24, 2.45) is 0 Å². The number of hydrogen-bond donors (Lipinski definition) is 1. The molecular formula is C24H17BrN2O. The molecule has 5 rings (SSSR count). The molecule has 0 fully saturated rings. The molecule has 0 saturated heterocycles. The lowest BCUT2D eigenvalue weighted by Crippen LogP contribution is -2.43. The van der Waals surface area contributed by atoms with Gasteiger partial charge in [-0.2, -0.15) is 0 Å². The van der Waals surface area contributed by atoms with Crippen molar-refractivity contribution in [3.8, 4) is 0 Å². The summed E-state index contributed by atoms with van der Waals surface area (Å²) in [6, 6.07) is 30.1. The van der Waals surface area contributed by atoms with Crippen LogP contribution < -0.4 is 10.2 Å². The van der Waals surface area contributed by atoms with Crippen molar-refractivity contribution in [2.75, 3.05) is 10.2 Å². The zero-order valence-corrected chi connectivity index (χ0v) is 16.6. The molecule has 1 aliphatic heterocycles. The van der Waals surface area contributed by atoms with E-state index in [2.05, 4.69) is 45.5 Å². The number of amides is 1. The van der Waals surface area contributed by atoms with Crippen molar-refractivity contribution < 1.29 is 4.79 Å². The van der Waals surface area contributed by atoms with Crippen LogP contribution in [-0.4, -0.2) is 5.91 Å². The van der Waals surface area contributed by atoms with Gasteiger partial charge < -0.3 is 5.32 Å². The molecule has 0 spiro atoms. The summed E-state index contributed by atoms with van der Waals surface area (Å²) in [6.07, 6.45) is -0.291. The van der Waals surface area contributed by atoms with Gasteiger partial charge in [-0.05, 0) is 52.7 Å². The maximum absolute atomic E-state index is 13.5. The summed E-state index contributed by atoms with van der Waals surface area (Å²) in [5.74, 6) is -0.00499. The van der Waals surface area contributed by atoms with Gasteiger partial charge >= 0.3 is 0 Å². The SMILES string of the molecule is O=C1c2ccccc2N[C@@H](c2cccc(Br)c2)N1c1ccc2ccccc2c1. The van der Waals surface area contributed by atoms with Crippen LogP contribution in [0.5, 0.6) is 0 Å². The first-order valence-corrected chi connectivity index (χ1v) is 9.93. The maximum Gasteiger partial charge on any atom is 0.262 e. The number of benzene rings is 4. The van der Waals surface area contributed by atoms with Gasteiger partial charge in [0.2, 0.25) is 0 Å². The number of para-hydroxylation sites is 1. The smallest absolute Gasteiger partial charge is 0.262 e. The molecule has 3 nitrogen and oxygen atoms in total. The van der Waals surface area contributed by atoms with Gasteiger partial charge in [-0.1, -0.05) is 70.5 Å². The van der Waals surface area contributed by atoms with E-state index in [9.17, 15) is 4.79 Å². The second kappa shape index (κ2) is 6.80. The third-order valence-corrected chi connectivity index (χ3v) is 5.60. The fourth-order valence-corrected chi connectivity index (χ4v) is 4.17. The number of hydrogen-bond acceptors (Lipinski definition) is 2. The predicted molar refractivity (Wildman–Crippen MR) is 118 cm³/mol. The quantitative estimate of drug-likeness (QED) is 0.401. The molecule has 4 aromatic carbocycles. The largest absolute Gasteiger partial charge is 0.360 e. The molecule has 0 aliphatic carbocycles. The number of nitrogens with one attached hydrogen (secondary N) is 1. The molecule has 1 aliphatic rings. The first-order chi connectivity index (χ1) is 13.7. The number of halogens is 1. The van der Waals surface area contributed by atoms with Crippen molar-refractivity contribution in [1.82, 2.24) is 0 Å². The van der Waals surface area contributed by atoms with Gasteiger partial charge in [-0.15, -0.1) is 0 Å². The number of fused-ring (bicyclic) bond motifs is 2. The fourth-order valence-electron chi connectivity index (χ4n) is 3.76. The lowest BCUT2D eigenvalue weighted by Gasteiger charge is -2.38. The molecule has 1 N–H and O–H groups in total. The molecular weight excluding hydrogens is 412 g/mol. The summed E-state index contributed by atoms with van der Waals surface area (Å²) in [5.41, 5.74) is 3.43. The van der Waals surface area contributed by atoms with Crippen LogP contribution in [0, 0.1) is 0 Å². The lowest BCUT2D eigenvalue weighted by atomic mass is 10.0. The highest BCUT2D eigenvalue weighted by Crippen LogP contribution is 2.38. The van der Waals surface area contributed by atoms with Gasteiger partial charge in [0, 0.05) is 15.8 Å². The molecule has 4 aromatic rings. The minimum Gasteiger partial charge on any atom is -0.360 e. The van der Waals surface area contributed by atoms with Gasteiger partial charge in [0.25, 0.3) is 5.91 Å². The molecule has 0 radical (unpaired) electrons. The fraction of sp³-hybridized carbons (Fsp3) is 0.0417. The van der Waals surface area contributed by atoms with Gasteiger partial charge in [0.15, 0.2) is 0 Å². The number of anilines is 2. The minimum atomic E-state index is -0.291. The number of nitrogens with zero attached hydrogens (tertiary/aromatic N) is 1. The zero-order chi connectivity index (χ0) is 19.1.